The van der Waals surface area contributed by atoms with Crippen LogP contribution >= 0.6 is 15.9 Å². The van der Waals surface area contributed by atoms with Crippen LogP contribution in [0.4, 0.5) is 8.78 Å². The first-order valence-electron chi connectivity index (χ1n) is 4.51. The summed E-state index contributed by atoms with van der Waals surface area (Å²) in [5.74, 6) is 0.260. The van der Waals surface area contributed by atoms with Gasteiger partial charge in [-0.25, -0.2) is 0 Å². The normalized spacial score (nSPS) is 35.2. The molecule has 3 nitrogen and oxygen atoms in total. The lowest BCUT2D eigenvalue weighted by Crippen LogP contribution is -2.57. The van der Waals surface area contributed by atoms with Crippen LogP contribution in [0.3, 0.4) is 0 Å². The van der Waals surface area contributed by atoms with Crippen LogP contribution in [0.1, 0.15) is 12.8 Å². The molecule has 1 amide bonds. The highest BCUT2D eigenvalue weighted by molar-refractivity contribution is 9.10. The molecule has 2 N–H and O–H groups in total. The van der Waals surface area contributed by atoms with Gasteiger partial charge in [0.05, 0.1) is 12.1 Å². The zero-order chi connectivity index (χ0) is 10.4. The van der Waals surface area contributed by atoms with E-state index in [2.05, 4.69) is 26.6 Å². The van der Waals surface area contributed by atoms with Gasteiger partial charge < -0.3 is 10.6 Å². The number of carbonyl (C=O) groups excluding carboxylic acids is 1. The quantitative estimate of drug-likeness (QED) is 0.745. The molecule has 6 heteroatoms. The number of hydrogen-bond acceptors (Lipinski definition) is 2. The molecule has 3 rings (SSSR count). The number of fused-ring (bicyclic) bond motifs is 1. The molecular formula is C8H11BrF2N2O. The van der Waals surface area contributed by atoms with Crippen molar-refractivity contribution in [2.24, 2.45) is 5.92 Å². The first kappa shape index (κ1) is 10.3. The predicted octanol–water partition coefficient (Wildman–Crippen LogP) is 0.842. The van der Waals surface area contributed by atoms with E-state index >= 15 is 0 Å². The van der Waals surface area contributed by atoms with Crippen LogP contribution in [-0.2, 0) is 4.79 Å². The average Bonchev–Trinajstić information content (AvgIpc) is 2.55. The Kier molecular flexibility index (Phi) is 2.30. The lowest BCUT2D eigenvalue weighted by atomic mass is 9.73. The Labute approximate surface area is 88.7 Å². The van der Waals surface area contributed by atoms with Gasteiger partial charge in [-0.05, 0) is 41.2 Å². The number of alkyl halides is 3. The van der Waals surface area contributed by atoms with Crippen LogP contribution in [0.15, 0.2) is 0 Å². The van der Waals surface area contributed by atoms with Crippen molar-refractivity contribution in [3.05, 3.63) is 0 Å². The van der Waals surface area contributed by atoms with E-state index in [1.54, 1.807) is 0 Å². The molecule has 0 spiro atoms. The second kappa shape index (κ2) is 3.13. The molecule has 2 aliphatic heterocycles. The third-order valence-electron chi connectivity index (χ3n) is 2.89. The maximum atomic E-state index is 12.4. The lowest BCUT2D eigenvalue weighted by molar-refractivity contribution is -0.130. The molecule has 2 bridgehead atoms. The molecule has 0 atom stereocenters. The van der Waals surface area contributed by atoms with Crippen molar-refractivity contribution in [3.63, 3.8) is 0 Å². The summed E-state index contributed by atoms with van der Waals surface area (Å²) < 4.78 is 24.8. The summed E-state index contributed by atoms with van der Waals surface area (Å²) in [4.78, 5) is 8.51. The van der Waals surface area contributed by atoms with Crippen LogP contribution in [-0.4, -0.2) is 29.4 Å². The minimum absolute atomic E-state index is 0.301. The summed E-state index contributed by atoms with van der Waals surface area (Å²) in [5.41, 5.74) is -0.539. The van der Waals surface area contributed by atoms with E-state index in [4.69, 9.17) is 0 Å². The van der Waals surface area contributed by atoms with E-state index in [9.17, 15) is 13.6 Å². The SMILES string of the molecule is O=C(NCC(F)(F)Br)C12CC(CN1)C2. The fraction of sp³-hybridized carbons (Fsp3) is 0.875. The summed E-state index contributed by atoms with van der Waals surface area (Å²) in [6.07, 6.45) is 1.57. The molecule has 0 aromatic carbocycles. The summed E-state index contributed by atoms with van der Waals surface area (Å²) in [6, 6.07) is 0. The fourth-order valence-corrected chi connectivity index (χ4v) is 2.31. The number of rotatable bonds is 3. The van der Waals surface area contributed by atoms with Gasteiger partial charge in [-0.3, -0.25) is 4.79 Å². The Morgan fingerprint density at radius 1 is 1.64 bits per heavy atom. The summed E-state index contributed by atoms with van der Waals surface area (Å²) in [6.45, 7) is 0.179. The molecule has 0 unspecified atom stereocenters. The highest BCUT2D eigenvalue weighted by Gasteiger charge is 2.55. The average molecular weight is 269 g/mol. The maximum absolute atomic E-state index is 12.4. The molecule has 2 saturated heterocycles. The molecule has 0 radical (unpaired) electrons. The second-order valence-corrected chi connectivity index (χ2v) is 5.20. The van der Waals surface area contributed by atoms with Crippen molar-refractivity contribution < 1.29 is 13.6 Å². The molecule has 0 aromatic heterocycles. The smallest absolute Gasteiger partial charge is 0.318 e. The van der Waals surface area contributed by atoms with Gasteiger partial charge in [-0.2, -0.15) is 8.78 Å². The molecule has 1 saturated carbocycles. The Hall–Kier alpha value is -0.230. The van der Waals surface area contributed by atoms with Crippen LogP contribution in [0.25, 0.3) is 0 Å². The van der Waals surface area contributed by atoms with Crippen molar-refractivity contribution in [2.45, 2.75) is 23.2 Å². The Balaban J connectivity index is 1.85. The molecule has 3 fully saturated rings. The topological polar surface area (TPSA) is 41.1 Å². The van der Waals surface area contributed by atoms with E-state index in [0.29, 0.717) is 5.92 Å². The van der Waals surface area contributed by atoms with Crippen molar-refractivity contribution in [2.75, 3.05) is 13.1 Å². The van der Waals surface area contributed by atoms with Gasteiger partial charge >= 0.3 is 4.83 Å². The third-order valence-corrected chi connectivity index (χ3v) is 3.17. The Morgan fingerprint density at radius 2 is 2.29 bits per heavy atom. The van der Waals surface area contributed by atoms with Gasteiger partial charge in [0, 0.05) is 0 Å². The van der Waals surface area contributed by atoms with Crippen molar-refractivity contribution in [3.8, 4) is 0 Å². The summed E-state index contributed by atoms with van der Waals surface area (Å²) in [5, 5.41) is 5.32. The number of nitrogens with one attached hydrogen (secondary N) is 2. The number of hydrogen-bond donors (Lipinski definition) is 2. The molecule has 14 heavy (non-hydrogen) atoms. The fourth-order valence-electron chi connectivity index (χ4n) is 2.17. The van der Waals surface area contributed by atoms with Crippen LogP contribution in [0, 0.1) is 5.92 Å². The zero-order valence-corrected chi connectivity index (χ0v) is 9.03. The van der Waals surface area contributed by atoms with Crippen molar-refractivity contribution >= 4 is 21.8 Å². The van der Waals surface area contributed by atoms with E-state index in [0.717, 1.165) is 19.4 Å². The van der Waals surface area contributed by atoms with Gasteiger partial charge in [0.15, 0.2) is 0 Å². The van der Waals surface area contributed by atoms with Crippen LogP contribution in [0.2, 0.25) is 0 Å². The van der Waals surface area contributed by atoms with Gasteiger partial charge in [0.1, 0.15) is 0 Å². The Bertz CT molecular complexity index is 255. The van der Waals surface area contributed by atoms with Gasteiger partial charge in [-0.1, -0.05) is 0 Å². The lowest BCUT2D eigenvalue weighted by Gasteiger charge is -2.35. The van der Waals surface area contributed by atoms with Crippen LogP contribution in [0.5, 0.6) is 0 Å². The number of carbonyl (C=O) groups is 1. The standard InChI is InChI=1S/C8H11BrF2N2O/c9-8(10,11)4-12-6(14)7-1-5(2-7)3-13-7/h5,13H,1-4H2,(H,12,14). The first-order valence-corrected chi connectivity index (χ1v) is 5.31. The highest BCUT2D eigenvalue weighted by atomic mass is 79.9. The maximum Gasteiger partial charge on any atom is 0.318 e. The van der Waals surface area contributed by atoms with E-state index in [1.165, 1.54) is 0 Å². The van der Waals surface area contributed by atoms with Gasteiger partial charge in [0.25, 0.3) is 0 Å². The minimum atomic E-state index is -3.01. The molecule has 2 heterocycles. The number of amides is 1. The minimum Gasteiger partial charge on any atom is -0.347 e. The van der Waals surface area contributed by atoms with E-state index in [-0.39, 0.29) is 5.91 Å². The molecule has 1 aliphatic carbocycles. The number of halogens is 3. The predicted molar refractivity (Wildman–Crippen MR) is 50.3 cm³/mol. The van der Waals surface area contributed by atoms with E-state index < -0.39 is 16.9 Å². The molecule has 3 aliphatic rings. The second-order valence-electron chi connectivity index (χ2n) is 4.04. The highest BCUT2D eigenvalue weighted by Crippen LogP contribution is 2.43. The monoisotopic (exact) mass is 268 g/mol. The van der Waals surface area contributed by atoms with Gasteiger partial charge in [-0.15, -0.1) is 0 Å². The third kappa shape index (κ3) is 1.77. The van der Waals surface area contributed by atoms with Crippen LogP contribution < -0.4 is 10.6 Å². The zero-order valence-electron chi connectivity index (χ0n) is 7.45. The first-order chi connectivity index (χ1) is 6.41. The summed E-state index contributed by atoms with van der Waals surface area (Å²) >= 11 is 2.18. The molecular weight excluding hydrogens is 258 g/mol. The van der Waals surface area contributed by atoms with Crippen molar-refractivity contribution in [1.82, 2.24) is 10.6 Å². The van der Waals surface area contributed by atoms with Gasteiger partial charge in [0.2, 0.25) is 5.91 Å². The Morgan fingerprint density at radius 3 is 2.71 bits per heavy atom. The molecule has 80 valence electrons. The van der Waals surface area contributed by atoms with Crippen molar-refractivity contribution in [1.29, 1.82) is 0 Å². The molecule has 0 aromatic rings. The summed E-state index contributed by atoms with van der Waals surface area (Å²) in [7, 11) is 0. The largest absolute Gasteiger partial charge is 0.347 e. The van der Waals surface area contributed by atoms with E-state index in [1.807, 2.05) is 0 Å².